The highest BCUT2D eigenvalue weighted by Gasteiger charge is 2.08. The summed E-state index contributed by atoms with van der Waals surface area (Å²) in [5.41, 5.74) is 2.18. The molecule has 0 aliphatic heterocycles. The van der Waals surface area contributed by atoms with Gasteiger partial charge < -0.3 is 10.3 Å². The lowest BCUT2D eigenvalue weighted by Crippen LogP contribution is -2.11. The molecule has 0 bridgehead atoms. The van der Waals surface area contributed by atoms with Gasteiger partial charge in [-0.1, -0.05) is 0 Å². The van der Waals surface area contributed by atoms with Crippen molar-refractivity contribution >= 4 is 38.4 Å². The zero-order valence-corrected chi connectivity index (χ0v) is 10.8. The highest BCUT2D eigenvalue weighted by atomic mass is 79.9. The normalized spacial score (nSPS) is 10.7. The van der Waals surface area contributed by atoms with Crippen LogP contribution in [0.1, 0.15) is 10.5 Å². The molecule has 2 heterocycles. The molecule has 3 N–H and O–H groups in total. The Labute approximate surface area is 111 Å². The van der Waals surface area contributed by atoms with Crippen molar-refractivity contribution < 1.29 is 4.79 Å². The molecule has 0 radical (unpaired) electrons. The van der Waals surface area contributed by atoms with Crippen molar-refractivity contribution in [2.24, 2.45) is 0 Å². The van der Waals surface area contributed by atoms with Crippen LogP contribution in [0.5, 0.6) is 0 Å². The number of rotatable bonds is 2. The molecule has 1 aromatic carbocycles. The summed E-state index contributed by atoms with van der Waals surface area (Å²) in [5, 5.41) is 10.6. The number of nitrogens with zero attached hydrogens (tertiary/aromatic N) is 1. The first-order chi connectivity index (χ1) is 8.72. The van der Waals surface area contributed by atoms with E-state index in [4.69, 9.17) is 0 Å². The van der Waals surface area contributed by atoms with E-state index in [1.54, 1.807) is 18.5 Å². The fourth-order valence-electron chi connectivity index (χ4n) is 1.72. The van der Waals surface area contributed by atoms with E-state index in [1.807, 2.05) is 18.2 Å². The minimum atomic E-state index is -0.177. The van der Waals surface area contributed by atoms with Crippen molar-refractivity contribution in [3.63, 3.8) is 0 Å². The van der Waals surface area contributed by atoms with E-state index in [1.165, 1.54) is 0 Å². The molecule has 3 rings (SSSR count). The summed E-state index contributed by atoms with van der Waals surface area (Å²) in [6.07, 6.45) is 3.43. The number of halogens is 1. The van der Waals surface area contributed by atoms with Crippen LogP contribution in [-0.2, 0) is 0 Å². The van der Waals surface area contributed by atoms with E-state index >= 15 is 0 Å². The molecule has 18 heavy (non-hydrogen) atoms. The Morgan fingerprint density at radius 1 is 1.33 bits per heavy atom. The fraction of sp³-hybridized carbons (Fsp3) is 0. The molecule has 2 aromatic heterocycles. The Hall–Kier alpha value is -2.08. The number of nitrogens with one attached hydrogen (secondary N) is 3. The number of carbonyl (C=O) groups excluding carboxylic acids is 1. The molecule has 0 aliphatic carbocycles. The number of aromatic amines is 2. The van der Waals surface area contributed by atoms with Crippen LogP contribution in [-0.4, -0.2) is 21.1 Å². The number of fused-ring (bicyclic) bond motifs is 1. The number of benzene rings is 1. The number of amides is 1. The molecule has 0 unspecified atom stereocenters. The maximum absolute atomic E-state index is 11.9. The van der Waals surface area contributed by atoms with Crippen LogP contribution in [0.25, 0.3) is 10.9 Å². The van der Waals surface area contributed by atoms with Crippen molar-refractivity contribution in [3.05, 3.63) is 46.8 Å². The summed E-state index contributed by atoms with van der Waals surface area (Å²) >= 11 is 3.29. The van der Waals surface area contributed by atoms with Crippen LogP contribution in [0.2, 0.25) is 0 Å². The van der Waals surface area contributed by atoms with E-state index in [2.05, 4.69) is 36.4 Å². The average molecular weight is 305 g/mol. The van der Waals surface area contributed by atoms with Gasteiger partial charge in [0.25, 0.3) is 5.91 Å². The third-order valence-corrected chi connectivity index (χ3v) is 3.05. The molecule has 0 spiro atoms. The number of hydrogen-bond acceptors (Lipinski definition) is 2. The number of aromatic nitrogens is 3. The first-order valence-electron chi connectivity index (χ1n) is 5.31. The molecular formula is C12H9BrN4O. The molecule has 3 aromatic rings. The van der Waals surface area contributed by atoms with Crippen LogP contribution >= 0.6 is 15.9 Å². The smallest absolute Gasteiger partial charge is 0.272 e. The van der Waals surface area contributed by atoms with E-state index in [9.17, 15) is 4.79 Å². The van der Waals surface area contributed by atoms with E-state index in [-0.39, 0.29) is 5.91 Å². The Bertz CT molecular complexity index is 716. The van der Waals surface area contributed by atoms with Gasteiger partial charge in [-0.25, -0.2) is 0 Å². The van der Waals surface area contributed by atoms with Gasteiger partial charge >= 0.3 is 0 Å². The van der Waals surface area contributed by atoms with Gasteiger partial charge in [-0.05, 0) is 40.2 Å². The van der Waals surface area contributed by atoms with Crippen molar-refractivity contribution in [1.82, 2.24) is 15.2 Å². The van der Waals surface area contributed by atoms with Gasteiger partial charge in [0.1, 0.15) is 5.69 Å². The highest BCUT2D eigenvalue weighted by molar-refractivity contribution is 9.10. The van der Waals surface area contributed by atoms with Gasteiger partial charge in [-0.3, -0.25) is 9.89 Å². The molecule has 1 amide bonds. The highest BCUT2D eigenvalue weighted by Crippen LogP contribution is 2.18. The van der Waals surface area contributed by atoms with Crippen molar-refractivity contribution in [2.45, 2.75) is 0 Å². The molecule has 0 atom stereocenters. The Morgan fingerprint density at radius 3 is 3.00 bits per heavy atom. The number of hydrogen-bond donors (Lipinski definition) is 3. The largest absolute Gasteiger partial charge is 0.356 e. The van der Waals surface area contributed by atoms with E-state index < -0.39 is 0 Å². The maximum atomic E-state index is 11.9. The SMILES string of the molecule is O=C(Nc1ccc2[nH]ncc2c1)c1cc(Br)c[nH]1. The van der Waals surface area contributed by atoms with Crippen LogP contribution in [0.4, 0.5) is 5.69 Å². The molecule has 6 heteroatoms. The summed E-state index contributed by atoms with van der Waals surface area (Å²) in [4.78, 5) is 14.8. The zero-order chi connectivity index (χ0) is 12.5. The summed E-state index contributed by atoms with van der Waals surface area (Å²) in [5.74, 6) is -0.177. The van der Waals surface area contributed by atoms with Gasteiger partial charge in [-0.15, -0.1) is 0 Å². The minimum absolute atomic E-state index is 0.177. The second-order valence-corrected chi connectivity index (χ2v) is 4.77. The lowest BCUT2D eigenvalue weighted by molar-refractivity contribution is 0.102. The second-order valence-electron chi connectivity index (χ2n) is 3.86. The van der Waals surface area contributed by atoms with Crippen LogP contribution in [0.15, 0.2) is 41.1 Å². The Kier molecular flexibility index (Phi) is 2.64. The molecule has 0 aliphatic rings. The van der Waals surface area contributed by atoms with Crippen molar-refractivity contribution in [2.75, 3.05) is 5.32 Å². The van der Waals surface area contributed by atoms with Crippen molar-refractivity contribution in [1.29, 1.82) is 0 Å². The maximum Gasteiger partial charge on any atom is 0.272 e. The average Bonchev–Trinajstić information content (AvgIpc) is 2.96. The third kappa shape index (κ3) is 2.02. The van der Waals surface area contributed by atoms with E-state index in [0.717, 1.165) is 21.1 Å². The summed E-state index contributed by atoms with van der Waals surface area (Å²) in [6.45, 7) is 0. The zero-order valence-electron chi connectivity index (χ0n) is 9.20. The predicted molar refractivity (Wildman–Crippen MR) is 72.5 cm³/mol. The molecule has 0 saturated heterocycles. The molecule has 0 fully saturated rings. The first kappa shape index (κ1) is 11.0. The van der Waals surface area contributed by atoms with Gasteiger partial charge in [0.15, 0.2) is 0 Å². The lowest BCUT2D eigenvalue weighted by atomic mass is 10.2. The van der Waals surface area contributed by atoms with Crippen LogP contribution in [0.3, 0.4) is 0 Å². The summed E-state index contributed by atoms with van der Waals surface area (Å²) in [7, 11) is 0. The Morgan fingerprint density at radius 2 is 2.22 bits per heavy atom. The molecule has 90 valence electrons. The lowest BCUT2D eigenvalue weighted by Gasteiger charge is -2.03. The van der Waals surface area contributed by atoms with Crippen LogP contribution < -0.4 is 5.32 Å². The monoisotopic (exact) mass is 304 g/mol. The van der Waals surface area contributed by atoms with E-state index in [0.29, 0.717) is 5.69 Å². The number of carbonyl (C=O) groups is 1. The number of anilines is 1. The first-order valence-corrected chi connectivity index (χ1v) is 6.10. The number of H-pyrrole nitrogens is 2. The predicted octanol–water partition coefficient (Wildman–Crippen LogP) is 2.91. The molecule has 5 nitrogen and oxygen atoms in total. The fourth-order valence-corrected chi connectivity index (χ4v) is 2.06. The van der Waals surface area contributed by atoms with Gasteiger partial charge in [0, 0.05) is 21.7 Å². The van der Waals surface area contributed by atoms with Gasteiger partial charge in [-0.2, -0.15) is 5.10 Å². The Balaban J connectivity index is 1.85. The van der Waals surface area contributed by atoms with Gasteiger partial charge in [0.05, 0.1) is 11.7 Å². The minimum Gasteiger partial charge on any atom is -0.356 e. The third-order valence-electron chi connectivity index (χ3n) is 2.59. The molecular weight excluding hydrogens is 296 g/mol. The van der Waals surface area contributed by atoms with Crippen molar-refractivity contribution in [3.8, 4) is 0 Å². The summed E-state index contributed by atoms with van der Waals surface area (Å²) in [6, 6.07) is 7.30. The molecule has 0 saturated carbocycles. The summed E-state index contributed by atoms with van der Waals surface area (Å²) < 4.78 is 0.845. The standard InChI is InChI=1S/C12H9BrN4O/c13-8-4-11(14-6-8)12(18)16-9-1-2-10-7(3-9)5-15-17-10/h1-6,14H,(H,15,17)(H,16,18). The second kappa shape index (κ2) is 4.30. The quantitative estimate of drug-likeness (QED) is 0.681. The topological polar surface area (TPSA) is 73.6 Å². The van der Waals surface area contributed by atoms with Crippen LogP contribution in [0, 0.1) is 0 Å². The van der Waals surface area contributed by atoms with Gasteiger partial charge in [0.2, 0.25) is 0 Å².